The Hall–Kier alpha value is -1.55. The van der Waals surface area contributed by atoms with Gasteiger partial charge in [-0.05, 0) is 12.1 Å². The van der Waals surface area contributed by atoms with Crippen molar-refractivity contribution in [3.63, 3.8) is 0 Å². The topological polar surface area (TPSA) is 55.8 Å². The van der Waals surface area contributed by atoms with E-state index in [9.17, 15) is 4.79 Å². The molecule has 0 saturated heterocycles. The standard InChI is InChI=1S/C9H8O4/c10-9(11)7-2-1-3-8-6(7)4-5-12-13-8/h1-3H,4-5H2,(H,10,11). The monoisotopic (exact) mass is 180 g/mol. The molecule has 0 unspecified atom stereocenters. The van der Waals surface area contributed by atoms with Gasteiger partial charge in [-0.2, -0.15) is 4.89 Å². The van der Waals surface area contributed by atoms with Gasteiger partial charge in [-0.25, -0.2) is 4.79 Å². The van der Waals surface area contributed by atoms with Crippen LogP contribution in [0.1, 0.15) is 15.9 Å². The maximum absolute atomic E-state index is 10.8. The van der Waals surface area contributed by atoms with E-state index < -0.39 is 5.97 Å². The van der Waals surface area contributed by atoms with E-state index in [2.05, 4.69) is 0 Å². The Labute approximate surface area is 74.6 Å². The summed E-state index contributed by atoms with van der Waals surface area (Å²) in [6.45, 7) is 0.400. The minimum Gasteiger partial charge on any atom is -0.478 e. The van der Waals surface area contributed by atoms with Crippen molar-refractivity contribution in [1.29, 1.82) is 0 Å². The molecule has 0 bridgehead atoms. The summed E-state index contributed by atoms with van der Waals surface area (Å²) in [5, 5.41) is 8.84. The van der Waals surface area contributed by atoms with Gasteiger partial charge in [0.05, 0.1) is 12.2 Å². The number of fused-ring (bicyclic) bond motifs is 1. The highest BCUT2D eigenvalue weighted by molar-refractivity contribution is 5.90. The third-order valence-corrected chi connectivity index (χ3v) is 1.95. The van der Waals surface area contributed by atoms with Crippen LogP contribution in [0.5, 0.6) is 5.75 Å². The highest BCUT2D eigenvalue weighted by atomic mass is 17.2. The molecule has 0 spiro atoms. The van der Waals surface area contributed by atoms with E-state index in [-0.39, 0.29) is 0 Å². The molecule has 1 aliphatic heterocycles. The molecule has 13 heavy (non-hydrogen) atoms. The zero-order valence-corrected chi connectivity index (χ0v) is 6.82. The van der Waals surface area contributed by atoms with Crippen LogP contribution in [0.25, 0.3) is 0 Å². The van der Waals surface area contributed by atoms with Gasteiger partial charge in [-0.15, -0.1) is 0 Å². The maximum Gasteiger partial charge on any atom is 0.336 e. The molecule has 1 heterocycles. The van der Waals surface area contributed by atoms with E-state index in [1.54, 1.807) is 18.2 Å². The molecule has 0 aromatic heterocycles. The number of benzene rings is 1. The predicted molar refractivity (Wildman–Crippen MR) is 43.7 cm³/mol. The minimum atomic E-state index is -0.928. The third-order valence-electron chi connectivity index (χ3n) is 1.95. The molecule has 0 atom stereocenters. The van der Waals surface area contributed by atoms with Gasteiger partial charge in [-0.3, -0.25) is 0 Å². The first-order valence-electron chi connectivity index (χ1n) is 3.93. The quantitative estimate of drug-likeness (QED) is 0.661. The van der Waals surface area contributed by atoms with Gasteiger partial charge in [0, 0.05) is 12.0 Å². The zero-order chi connectivity index (χ0) is 9.26. The first-order chi connectivity index (χ1) is 6.29. The van der Waals surface area contributed by atoms with Crippen molar-refractivity contribution in [1.82, 2.24) is 0 Å². The Morgan fingerprint density at radius 3 is 3.08 bits per heavy atom. The lowest BCUT2D eigenvalue weighted by Crippen LogP contribution is -2.14. The molecule has 1 aliphatic rings. The fourth-order valence-corrected chi connectivity index (χ4v) is 1.35. The van der Waals surface area contributed by atoms with E-state index in [4.69, 9.17) is 14.9 Å². The van der Waals surface area contributed by atoms with Crippen LogP contribution in [0.2, 0.25) is 0 Å². The molecule has 1 aromatic carbocycles. The Bertz CT molecular complexity index is 345. The number of carboxylic acids is 1. The Morgan fingerprint density at radius 1 is 1.46 bits per heavy atom. The van der Waals surface area contributed by atoms with Crippen LogP contribution in [0.4, 0.5) is 0 Å². The van der Waals surface area contributed by atoms with E-state index in [1.165, 1.54) is 0 Å². The molecule has 0 aliphatic carbocycles. The third kappa shape index (κ3) is 1.36. The SMILES string of the molecule is O=C(O)c1cccc2c1CCOO2. The van der Waals surface area contributed by atoms with Crippen LogP contribution in [-0.2, 0) is 11.3 Å². The molecular weight excluding hydrogens is 172 g/mol. The van der Waals surface area contributed by atoms with Crippen molar-refractivity contribution in [2.24, 2.45) is 0 Å². The summed E-state index contributed by atoms with van der Waals surface area (Å²) in [5.74, 6) is -0.423. The molecule has 1 N–H and O–H groups in total. The van der Waals surface area contributed by atoms with E-state index >= 15 is 0 Å². The highest BCUT2D eigenvalue weighted by Crippen LogP contribution is 2.26. The molecular formula is C9H8O4. The van der Waals surface area contributed by atoms with Crippen molar-refractivity contribution in [3.05, 3.63) is 29.3 Å². The van der Waals surface area contributed by atoms with Crippen molar-refractivity contribution in [2.45, 2.75) is 6.42 Å². The first-order valence-corrected chi connectivity index (χ1v) is 3.93. The van der Waals surface area contributed by atoms with Crippen molar-refractivity contribution in [2.75, 3.05) is 6.61 Å². The lowest BCUT2D eigenvalue weighted by atomic mass is 10.0. The van der Waals surface area contributed by atoms with Crippen LogP contribution < -0.4 is 4.89 Å². The predicted octanol–water partition coefficient (Wildman–Crippen LogP) is 1.25. The number of aromatic carboxylic acids is 1. The number of rotatable bonds is 1. The summed E-state index contributed by atoms with van der Waals surface area (Å²) in [5.41, 5.74) is 1.00. The molecule has 1 aromatic rings. The lowest BCUT2D eigenvalue weighted by Gasteiger charge is -2.16. The van der Waals surface area contributed by atoms with Crippen LogP contribution >= 0.6 is 0 Å². The van der Waals surface area contributed by atoms with Crippen molar-refractivity contribution < 1.29 is 19.7 Å². The summed E-state index contributed by atoms with van der Waals surface area (Å²) in [6, 6.07) is 4.90. The second-order valence-electron chi connectivity index (χ2n) is 2.74. The van der Waals surface area contributed by atoms with Gasteiger partial charge in [0.2, 0.25) is 0 Å². The molecule has 0 radical (unpaired) electrons. The number of hydrogen-bond acceptors (Lipinski definition) is 3. The van der Waals surface area contributed by atoms with E-state index in [0.29, 0.717) is 29.9 Å². The van der Waals surface area contributed by atoms with Gasteiger partial charge < -0.3 is 9.99 Å². The highest BCUT2D eigenvalue weighted by Gasteiger charge is 2.18. The zero-order valence-electron chi connectivity index (χ0n) is 6.82. The van der Waals surface area contributed by atoms with Crippen LogP contribution in [0.3, 0.4) is 0 Å². The summed E-state index contributed by atoms with van der Waals surface area (Å²) in [4.78, 5) is 20.4. The van der Waals surface area contributed by atoms with E-state index in [0.717, 1.165) is 0 Å². The van der Waals surface area contributed by atoms with Crippen LogP contribution in [0.15, 0.2) is 18.2 Å². The fraction of sp³-hybridized carbons (Fsp3) is 0.222. The molecule has 68 valence electrons. The lowest BCUT2D eigenvalue weighted by molar-refractivity contribution is -0.215. The molecule has 0 fully saturated rings. The summed E-state index contributed by atoms with van der Waals surface area (Å²) in [7, 11) is 0. The van der Waals surface area contributed by atoms with Gasteiger partial charge in [0.1, 0.15) is 0 Å². The van der Waals surface area contributed by atoms with E-state index in [1.807, 2.05) is 0 Å². The van der Waals surface area contributed by atoms with Gasteiger partial charge in [-0.1, -0.05) is 6.07 Å². The van der Waals surface area contributed by atoms with Crippen molar-refractivity contribution in [3.8, 4) is 5.75 Å². The molecule has 4 heteroatoms. The Morgan fingerprint density at radius 2 is 2.31 bits per heavy atom. The number of hydrogen-bond donors (Lipinski definition) is 1. The summed E-state index contributed by atoms with van der Waals surface area (Å²) in [6.07, 6.45) is 0.581. The molecule has 0 amide bonds. The van der Waals surface area contributed by atoms with Gasteiger partial charge in [0.25, 0.3) is 0 Å². The molecule has 2 rings (SSSR count). The fourth-order valence-electron chi connectivity index (χ4n) is 1.35. The minimum absolute atomic E-state index is 0.292. The Kier molecular flexibility index (Phi) is 1.90. The average Bonchev–Trinajstić information content (AvgIpc) is 2.17. The van der Waals surface area contributed by atoms with Crippen LogP contribution in [0, 0.1) is 0 Å². The first kappa shape index (κ1) is 8.07. The number of carbonyl (C=O) groups is 1. The average molecular weight is 180 g/mol. The van der Waals surface area contributed by atoms with Crippen LogP contribution in [-0.4, -0.2) is 17.7 Å². The Balaban J connectivity index is 2.52. The normalized spacial score (nSPS) is 14.5. The van der Waals surface area contributed by atoms with Gasteiger partial charge in [0.15, 0.2) is 5.75 Å². The summed E-state index contributed by atoms with van der Waals surface area (Å²) < 4.78 is 0. The maximum atomic E-state index is 10.8. The molecule has 0 saturated carbocycles. The largest absolute Gasteiger partial charge is 0.478 e. The second kappa shape index (κ2) is 3.06. The molecule has 4 nitrogen and oxygen atoms in total. The smallest absolute Gasteiger partial charge is 0.336 e. The van der Waals surface area contributed by atoms with Crippen molar-refractivity contribution >= 4 is 5.97 Å². The van der Waals surface area contributed by atoms with Gasteiger partial charge >= 0.3 is 5.97 Å². The number of carboxylic acid groups (broad SMARTS) is 1. The summed E-state index contributed by atoms with van der Waals surface area (Å²) >= 11 is 0. The second-order valence-corrected chi connectivity index (χ2v) is 2.74.